The molecule has 0 aliphatic carbocycles. The number of rotatable bonds is 7. The molecular weight excluding hydrogens is 425 g/mol. The predicted molar refractivity (Wildman–Crippen MR) is 121 cm³/mol. The fourth-order valence-corrected chi connectivity index (χ4v) is 3.48. The number of carbonyl (C=O) groups excluding carboxylic acids is 2. The number of fused-ring (bicyclic) bond motifs is 1. The van der Waals surface area contributed by atoms with Crippen LogP contribution in [0.1, 0.15) is 42.4 Å². The van der Waals surface area contributed by atoms with E-state index in [9.17, 15) is 14.0 Å². The molecule has 0 saturated heterocycles. The fraction of sp³-hybridized carbons (Fsp3) is 0.333. The lowest BCUT2D eigenvalue weighted by Crippen LogP contribution is -2.54. The van der Waals surface area contributed by atoms with Crippen molar-refractivity contribution in [2.75, 3.05) is 13.2 Å². The van der Waals surface area contributed by atoms with Gasteiger partial charge in [-0.2, -0.15) is 10.4 Å². The van der Waals surface area contributed by atoms with Crippen LogP contribution in [-0.2, 0) is 11.3 Å². The van der Waals surface area contributed by atoms with Crippen LogP contribution in [0.25, 0.3) is 10.9 Å². The lowest BCUT2D eigenvalue weighted by molar-refractivity contribution is -0.125. The molecule has 0 aliphatic rings. The number of halogens is 1. The van der Waals surface area contributed by atoms with Gasteiger partial charge in [-0.05, 0) is 23.6 Å². The zero-order valence-electron chi connectivity index (χ0n) is 18.7. The van der Waals surface area contributed by atoms with E-state index in [0.717, 1.165) is 6.07 Å². The topological polar surface area (TPSA) is 120 Å². The lowest BCUT2D eigenvalue weighted by Gasteiger charge is -2.30. The van der Waals surface area contributed by atoms with E-state index in [1.165, 1.54) is 16.8 Å². The van der Waals surface area contributed by atoms with Crippen LogP contribution in [0.15, 0.2) is 42.5 Å². The molecule has 0 bridgehead atoms. The van der Waals surface area contributed by atoms with Crippen molar-refractivity contribution in [3.63, 3.8) is 0 Å². The summed E-state index contributed by atoms with van der Waals surface area (Å²) in [5.41, 5.74) is 0.686. The number of nitrogens with one attached hydrogen (secondary N) is 2. The molecule has 3 N–H and O–H groups in total. The third-order valence-electron chi connectivity index (χ3n) is 5.19. The van der Waals surface area contributed by atoms with Gasteiger partial charge < -0.3 is 15.7 Å². The van der Waals surface area contributed by atoms with E-state index in [1.54, 1.807) is 24.3 Å². The van der Waals surface area contributed by atoms with Crippen LogP contribution in [0.2, 0.25) is 0 Å². The van der Waals surface area contributed by atoms with Gasteiger partial charge in [-0.1, -0.05) is 45.0 Å². The van der Waals surface area contributed by atoms with Crippen LogP contribution in [0.3, 0.4) is 0 Å². The maximum absolute atomic E-state index is 14.4. The van der Waals surface area contributed by atoms with Gasteiger partial charge in [0.15, 0.2) is 5.69 Å². The zero-order chi connectivity index (χ0) is 24.2. The van der Waals surface area contributed by atoms with Gasteiger partial charge in [0.25, 0.3) is 5.91 Å². The SMILES string of the molecule is CC(C)(C)[C@H](NC(=O)c1nn(Cc2ccc(C#N)cc2F)c2ccccc12)C(=O)NCCO. The molecule has 9 heteroatoms. The monoisotopic (exact) mass is 451 g/mol. The summed E-state index contributed by atoms with van der Waals surface area (Å²) in [4.78, 5) is 25.8. The summed E-state index contributed by atoms with van der Waals surface area (Å²) < 4.78 is 16.0. The molecule has 2 aromatic carbocycles. The molecule has 0 saturated carbocycles. The van der Waals surface area contributed by atoms with E-state index >= 15 is 0 Å². The van der Waals surface area contributed by atoms with Crippen LogP contribution in [-0.4, -0.2) is 45.9 Å². The van der Waals surface area contributed by atoms with Crippen molar-refractivity contribution in [2.45, 2.75) is 33.4 Å². The first-order valence-corrected chi connectivity index (χ1v) is 10.5. The second kappa shape index (κ2) is 9.79. The fourth-order valence-electron chi connectivity index (χ4n) is 3.48. The minimum atomic E-state index is -0.864. The molecule has 33 heavy (non-hydrogen) atoms. The third kappa shape index (κ3) is 5.35. The first-order chi connectivity index (χ1) is 15.7. The highest BCUT2D eigenvalue weighted by Gasteiger charge is 2.33. The first kappa shape index (κ1) is 23.9. The van der Waals surface area contributed by atoms with E-state index in [2.05, 4.69) is 15.7 Å². The normalized spacial score (nSPS) is 12.2. The molecular formula is C24H26FN5O3. The molecule has 172 valence electrons. The van der Waals surface area contributed by atoms with Crippen molar-refractivity contribution in [1.82, 2.24) is 20.4 Å². The highest BCUT2D eigenvalue weighted by molar-refractivity contribution is 6.06. The number of benzene rings is 2. The molecule has 2 amide bonds. The van der Waals surface area contributed by atoms with Crippen molar-refractivity contribution in [3.8, 4) is 6.07 Å². The largest absolute Gasteiger partial charge is 0.395 e. The molecule has 3 rings (SSSR count). The molecule has 1 atom stereocenters. The van der Waals surface area contributed by atoms with Crippen LogP contribution in [0.5, 0.6) is 0 Å². The van der Waals surface area contributed by atoms with Crippen LogP contribution < -0.4 is 10.6 Å². The van der Waals surface area contributed by atoms with Gasteiger partial charge in [0, 0.05) is 17.5 Å². The maximum atomic E-state index is 14.4. The van der Waals surface area contributed by atoms with Crippen LogP contribution >= 0.6 is 0 Å². The second-order valence-electron chi connectivity index (χ2n) is 8.73. The van der Waals surface area contributed by atoms with Crippen molar-refractivity contribution in [2.24, 2.45) is 5.41 Å². The van der Waals surface area contributed by atoms with E-state index in [4.69, 9.17) is 10.4 Å². The van der Waals surface area contributed by atoms with Gasteiger partial charge >= 0.3 is 0 Å². The Bertz CT molecular complexity index is 1220. The molecule has 3 aromatic rings. The summed E-state index contributed by atoms with van der Waals surface area (Å²) in [5.74, 6) is -1.48. The number of amides is 2. The molecule has 0 spiro atoms. The van der Waals surface area contributed by atoms with Gasteiger partial charge in [-0.25, -0.2) is 4.39 Å². The average molecular weight is 452 g/mol. The Morgan fingerprint density at radius 3 is 2.61 bits per heavy atom. The molecule has 1 aromatic heterocycles. The Morgan fingerprint density at radius 2 is 1.97 bits per heavy atom. The number of hydrogen-bond acceptors (Lipinski definition) is 5. The van der Waals surface area contributed by atoms with E-state index < -0.39 is 29.1 Å². The average Bonchev–Trinajstić information content (AvgIpc) is 3.14. The summed E-state index contributed by atoms with van der Waals surface area (Å²) >= 11 is 0. The van der Waals surface area contributed by atoms with Gasteiger partial charge in [0.2, 0.25) is 5.91 Å². The van der Waals surface area contributed by atoms with Crippen molar-refractivity contribution >= 4 is 22.7 Å². The number of aromatic nitrogens is 2. The van der Waals surface area contributed by atoms with Gasteiger partial charge in [0.05, 0.1) is 30.3 Å². The number of carbonyl (C=O) groups is 2. The van der Waals surface area contributed by atoms with Crippen molar-refractivity contribution < 1.29 is 19.1 Å². The summed E-state index contributed by atoms with van der Waals surface area (Å²) in [6, 6.07) is 12.3. The smallest absolute Gasteiger partial charge is 0.273 e. The zero-order valence-corrected chi connectivity index (χ0v) is 18.7. The Balaban J connectivity index is 1.94. The number of para-hydroxylation sites is 1. The summed E-state index contributed by atoms with van der Waals surface area (Å²) in [6.07, 6.45) is 0. The van der Waals surface area contributed by atoms with E-state index in [1.807, 2.05) is 26.8 Å². The lowest BCUT2D eigenvalue weighted by atomic mass is 9.86. The molecule has 8 nitrogen and oxygen atoms in total. The van der Waals surface area contributed by atoms with E-state index in [-0.39, 0.29) is 31.0 Å². The Hall–Kier alpha value is -3.77. The molecule has 0 fully saturated rings. The van der Waals surface area contributed by atoms with Gasteiger partial charge in [-0.3, -0.25) is 14.3 Å². The second-order valence-corrected chi connectivity index (χ2v) is 8.73. The van der Waals surface area contributed by atoms with Gasteiger partial charge in [-0.15, -0.1) is 0 Å². The van der Waals surface area contributed by atoms with Crippen molar-refractivity contribution in [1.29, 1.82) is 5.26 Å². The molecule has 0 aliphatic heterocycles. The summed E-state index contributed by atoms with van der Waals surface area (Å²) in [6.45, 7) is 5.39. The summed E-state index contributed by atoms with van der Waals surface area (Å²) in [5, 5.41) is 28.3. The molecule has 1 heterocycles. The van der Waals surface area contributed by atoms with Crippen LogP contribution in [0, 0.1) is 22.6 Å². The minimum absolute atomic E-state index is 0.0605. The highest BCUT2D eigenvalue weighted by atomic mass is 19.1. The third-order valence-corrected chi connectivity index (χ3v) is 5.19. The number of nitrogens with zero attached hydrogens (tertiary/aromatic N) is 3. The Morgan fingerprint density at radius 1 is 1.24 bits per heavy atom. The Kier molecular flexibility index (Phi) is 7.09. The quantitative estimate of drug-likeness (QED) is 0.509. The van der Waals surface area contributed by atoms with Crippen LogP contribution in [0.4, 0.5) is 4.39 Å². The maximum Gasteiger partial charge on any atom is 0.273 e. The number of aliphatic hydroxyl groups is 1. The number of nitriles is 1. The molecule has 0 radical (unpaired) electrons. The van der Waals surface area contributed by atoms with Crippen molar-refractivity contribution in [3.05, 3.63) is 65.1 Å². The predicted octanol–water partition coefficient (Wildman–Crippen LogP) is 2.35. The minimum Gasteiger partial charge on any atom is -0.395 e. The van der Waals surface area contributed by atoms with E-state index in [0.29, 0.717) is 16.5 Å². The number of hydrogen-bond donors (Lipinski definition) is 3. The first-order valence-electron chi connectivity index (χ1n) is 10.5. The Labute approximate surface area is 191 Å². The number of aliphatic hydroxyl groups excluding tert-OH is 1. The highest BCUT2D eigenvalue weighted by Crippen LogP contribution is 2.23. The van der Waals surface area contributed by atoms with Gasteiger partial charge in [0.1, 0.15) is 11.9 Å². The molecule has 0 unspecified atom stereocenters. The summed E-state index contributed by atoms with van der Waals surface area (Å²) in [7, 11) is 0. The standard InChI is InChI=1S/C24H26FN5O3/c1-24(2,3)21(23(33)27-10-11-31)28-22(32)20-17-6-4-5-7-19(17)30(29-20)14-16-9-8-15(13-26)12-18(16)25/h4-9,12,21,31H,10-11,14H2,1-3H3,(H,27,33)(H,28,32)/t21-/m1/s1.